The van der Waals surface area contributed by atoms with Gasteiger partial charge in [-0.15, -0.1) is 11.8 Å². The summed E-state index contributed by atoms with van der Waals surface area (Å²) in [5, 5.41) is 0.963. The van der Waals surface area contributed by atoms with Gasteiger partial charge in [0.15, 0.2) is 0 Å². The smallest absolute Gasteiger partial charge is 0.113 e. The highest BCUT2D eigenvalue weighted by Gasteiger charge is 2.35. The van der Waals surface area contributed by atoms with Crippen molar-refractivity contribution >= 4 is 11.8 Å². The Kier molecular flexibility index (Phi) is 5.26. The first-order valence-corrected chi connectivity index (χ1v) is 8.56. The lowest BCUT2D eigenvalue weighted by molar-refractivity contribution is 0.133. The summed E-state index contributed by atoms with van der Waals surface area (Å²) >= 11 is 2.02. The van der Waals surface area contributed by atoms with Crippen LogP contribution in [0.5, 0.6) is 0 Å². The molecule has 3 heteroatoms. The van der Waals surface area contributed by atoms with Crippen LogP contribution in [-0.4, -0.2) is 22.7 Å². The van der Waals surface area contributed by atoms with Crippen LogP contribution in [0.3, 0.4) is 0 Å². The van der Waals surface area contributed by atoms with Crippen molar-refractivity contribution in [1.82, 2.24) is 0 Å². The molecule has 0 radical (unpaired) electrons. The van der Waals surface area contributed by atoms with Gasteiger partial charge in [-0.1, -0.05) is 27.7 Å². The van der Waals surface area contributed by atoms with E-state index >= 15 is 0 Å². The normalized spacial score (nSPS) is 33.7. The quantitative estimate of drug-likeness (QED) is 0.706. The minimum Gasteiger partial charge on any atom is -0.494 e. The monoisotopic (exact) mass is 282 g/mol. The second kappa shape index (κ2) is 6.74. The fraction of sp³-hybridized carbons (Fsp3) is 0.750. The standard InChI is InChI=1S/C16H26O2S/c1-5-11-9-15(13(7-3)17-11)19-16-10-12(6-2)18-14(16)8-4/h9-10,13-16H,5-8H2,1-4H3. The van der Waals surface area contributed by atoms with Crippen LogP contribution >= 0.6 is 11.8 Å². The first-order valence-electron chi connectivity index (χ1n) is 7.61. The molecule has 0 N–H and O–H groups in total. The molecule has 2 rings (SSSR count). The van der Waals surface area contributed by atoms with Crippen LogP contribution in [0.25, 0.3) is 0 Å². The van der Waals surface area contributed by atoms with E-state index in [4.69, 9.17) is 9.47 Å². The van der Waals surface area contributed by atoms with Crippen LogP contribution in [0, 0.1) is 0 Å². The molecule has 4 atom stereocenters. The maximum atomic E-state index is 5.98. The first kappa shape index (κ1) is 14.8. The van der Waals surface area contributed by atoms with E-state index in [-0.39, 0.29) is 0 Å². The van der Waals surface area contributed by atoms with E-state index in [9.17, 15) is 0 Å². The number of hydrogen-bond acceptors (Lipinski definition) is 3. The first-order chi connectivity index (χ1) is 9.21. The van der Waals surface area contributed by atoms with Crippen LogP contribution < -0.4 is 0 Å². The zero-order valence-corrected chi connectivity index (χ0v) is 13.3. The Balaban J connectivity index is 2.02. The summed E-state index contributed by atoms with van der Waals surface area (Å²) in [6.07, 6.45) is 9.49. The van der Waals surface area contributed by atoms with Gasteiger partial charge in [0.1, 0.15) is 12.2 Å². The van der Waals surface area contributed by atoms with Crippen LogP contribution in [0.15, 0.2) is 23.7 Å². The van der Waals surface area contributed by atoms with Crippen molar-refractivity contribution in [2.45, 2.75) is 76.1 Å². The summed E-state index contributed by atoms with van der Waals surface area (Å²) in [7, 11) is 0. The third-order valence-corrected chi connectivity index (χ3v) is 5.36. The zero-order chi connectivity index (χ0) is 13.8. The van der Waals surface area contributed by atoms with E-state index in [0.29, 0.717) is 22.7 Å². The zero-order valence-electron chi connectivity index (χ0n) is 12.5. The topological polar surface area (TPSA) is 18.5 Å². The van der Waals surface area contributed by atoms with E-state index in [1.165, 1.54) is 0 Å². The molecule has 0 amide bonds. The van der Waals surface area contributed by atoms with Crippen molar-refractivity contribution in [3.8, 4) is 0 Å². The molecule has 0 saturated carbocycles. The maximum absolute atomic E-state index is 5.98. The Bertz CT molecular complexity index is 328. The van der Waals surface area contributed by atoms with Gasteiger partial charge < -0.3 is 9.47 Å². The summed E-state index contributed by atoms with van der Waals surface area (Å²) in [6.45, 7) is 8.74. The van der Waals surface area contributed by atoms with Gasteiger partial charge in [-0.2, -0.15) is 0 Å². The van der Waals surface area contributed by atoms with Gasteiger partial charge in [0, 0.05) is 12.8 Å². The van der Waals surface area contributed by atoms with Crippen LogP contribution in [0.2, 0.25) is 0 Å². The number of allylic oxidation sites excluding steroid dienone is 2. The van der Waals surface area contributed by atoms with E-state index in [0.717, 1.165) is 37.2 Å². The van der Waals surface area contributed by atoms with Crippen molar-refractivity contribution in [1.29, 1.82) is 0 Å². The molecule has 2 aliphatic heterocycles. The van der Waals surface area contributed by atoms with Gasteiger partial charge in [-0.25, -0.2) is 0 Å². The van der Waals surface area contributed by atoms with Crippen molar-refractivity contribution in [2.75, 3.05) is 0 Å². The summed E-state index contributed by atoms with van der Waals surface area (Å²) in [6, 6.07) is 0. The molecule has 0 aliphatic carbocycles. The predicted molar refractivity (Wildman–Crippen MR) is 82.2 cm³/mol. The van der Waals surface area contributed by atoms with Crippen molar-refractivity contribution in [2.24, 2.45) is 0 Å². The third-order valence-electron chi connectivity index (χ3n) is 3.85. The molecule has 19 heavy (non-hydrogen) atoms. The summed E-state index contributed by atoms with van der Waals surface area (Å²) in [5.74, 6) is 2.33. The highest BCUT2D eigenvalue weighted by molar-refractivity contribution is 8.00. The molecule has 0 aromatic rings. The van der Waals surface area contributed by atoms with Gasteiger partial charge in [-0.3, -0.25) is 0 Å². The Morgan fingerprint density at radius 1 is 0.842 bits per heavy atom. The Morgan fingerprint density at radius 2 is 1.26 bits per heavy atom. The fourth-order valence-electron chi connectivity index (χ4n) is 2.65. The molecule has 2 aliphatic rings. The summed E-state index contributed by atoms with van der Waals surface area (Å²) < 4.78 is 12.0. The average Bonchev–Trinajstić information content (AvgIpc) is 3.02. The maximum Gasteiger partial charge on any atom is 0.113 e. The Hall–Kier alpha value is -0.570. The lowest BCUT2D eigenvalue weighted by Crippen LogP contribution is -2.25. The molecule has 0 aromatic heterocycles. The highest BCUT2D eigenvalue weighted by atomic mass is 32.2. The van der Waals surface area contributed by atoms with E-state index < -0.39 is 0 Å². The Morgan fingerprint density at radius 3 is 1.58 bits per heavy atom. The third kappa shape index (κ3) is 3.31. The average molecular weight is 282 g/mol. The summed E-state index contributed by atoms with van der Waals surface area (Å²) in [5.41, 5.74) is 0. The molecule has 0 aromatic carbocycles. The minimum absolute atomic E-state index is 0.344. The molecule has 4 unspecified atom stereocenters. The molecule has 0 bridgehead atoms. The lowest BCUT2D eigenvalue weighted by Gasteiger charge is -2.23. The summed E-state index contributed by atoms with van der Waals surface area (Å²) in [4.78, 5) is 0. The second-order valence-corrected chi connectivity index (χ2v) is 6.53. The van der Waals surface area contributed by atoms with Gasteiger partial charge >= 0.3 is 0 Å². The van der Waals surface area contributed by atoms with Crippen LogP contribution in [0.4, 0.5) is 0 Å². The molecule has 0 saturated heterocycles. The van der Waals surface area contributed by atoms with Gasteiger partial charge in [0.25, 0.3) is 0 Å². The number of ether oxygens (including phenoxy) is 2. The van der Waals surface area contributed by atoms with Crippen molar-refractivity contribution < 1.29 is 9.47 Å². The molecular formula is C16H26O2S. The molecular weight excluding hydrogens is 256 g/mol. The number of rotatable bonds is 6. The second-order valence-electron chi connectivity index (χ2n) is 5.17. The SMILES string of the molecule is CCC1=CC(SC2C=C(CC)OC2CC)C(CC)O1. The number of thioether (sulfide) groups is 1. The molecule has 0 spiro atoms. The van der Waals surface area contributed by atoms with Crippen molar-refractivity contribution in [3.63, 3.8) is 0 Å². The van der Waals surface area contributed by atoms with Gasteiger partial charge in [-0.05, 0) is 25.0 Å². The van der Waals surface area contributed by atoms with Gasteiger partial charge in [0.2, 0.25) is 0 Å². The molecule has 2 nitrogen and oxygen atoms in total. The number of hydrogen-bond donors (Lipinski definition) is 0. The minimum atomic E-state index is 0.344. The predicted octanol–water partition coefficient (Wildman–Crippen LogP) is 4.66. The molecule has 2 heterocycles. The Labute approximate surface area is 121 Å². The van der Waals surface area contributed by atoms with Crippen LogP contribution in [0.1, 0.15) is 53.4 Å². The fourth-order valence-corrected chi connectivity index (χ4v) is 4.32. The van der Waals surface area contributed by atoms with E-state index in [1.807, 2.05) is 11.8 Å². The van der Waals surface area contributed by atoms with Gasteiger partial charge in [0.05, 0.1) is 22.0 Å². The van der Waals surface area contributed by atoms with E-state index in [1.54, 1.807) is 0 Å². The molecule has 0 fully saturated rings. The lowest BCUT2D eigenvalue weighted by atomic mass is 10.2. The molecule has 108 valence electrons. The van der Waals surface area contributed by atoms with E-state index in [2.05, 4.69) is 39.8 Å². The van der Waals surface area contributed by atoms with Crippen molar-refractivity contribution in [3.05, 3.63) is 23.7 Å². The van der Waals surface area contributed by atoms with Crippen LogP contribution in [-0.2, 0) is 9.47 Å². The largest absolute Gasteiger partial charge is 0.494 e. The highest BCUT2D eigenvalue weighted by Crippen LogP contribution is 2.39.